The molecule has 7 heteroatoms. The number of nitrogens with zero attached hydrogens (tertiary/aromatic N) is 1. The van der Waals surface area contributed by atoms with Crippen LogP contribution in [0.5, 0.6) is 11.5 Å². The van der Waals surface area contributed by atoms with Gasteiger partial charge in [-0.15, -0.1) is 0 Å². The molecule has 3 aromatic carbocycles. The molecule has 0 N–H and O–H groups in total. The topological polar surface area (TPSA) is 29.5 Å². The van der Waals surface area contributed by atoms with Crippen molar-refractivity contribution in [1.82, 2.24) is 4.90 Å². The normalized spacial score (nSPS) is 18.7. The average Bonchev–Trinajstić information content (AvgIpc) is 3.02. The molecule has 0 radical (unpaired) electrons. The first-order valence-corrected chi connectivity index (χ1v) is 11.5. The minimum absolute atomic E-state index is 0.143. The van der Waals surface area contributed by atoms with Crippen LogP contribution < -0.4 is 4.74 Å². The molecule has 1 amide bonds. The van der Waals surface area contributed by atoms with Crippen LogP contribution in [0.25, 0.3) is 6.08 Å². The Hall–Kier alpha value is -2.31. The SMILES string of the molecule is Cc1cccc2c1Oc1ccccc1[C@@H]2N1C(=O)/C(=C\c2ccc(Cl)c(Cl)c2)SC1=S. The van der Waals surface area contributed by atoms with Crippen molar-refractivity contribution in [3.8, 4) is 11.5 Å². The molecule has 0 unspecified atom stereocenters. The molecule has 2 aliphatic rings. The predicted octanol–water partition coefficient (Wildman–Crippen LogP) is 7.40. The van der Waals surface area contributed by atoms with E-state index in [0.717, 1.165) is 33.8 Å². The van der Waals surface area contributed by atoms with Crippen molar-refractivity contribution in [2.75, 3.05) is 0 Å². The molecular weight excluding hydrogens is 469 g/mol. The number of amides is 1. The molecule has 0 spiro atoms. The summed E-state index contributed by atoms with van der Waals surface area (Å²) in [5, 5.41) is 0.908. The molecule has 2 heterocycles. The van der Waals surface area contributed by atoms with Crippen molar-refractivity contribution >= 4 is 63.5 Å². The Labute approximate surface area is 199 Å². The van der Waals surface area contributed by atoms with Gasteiger partial charge in [0, 0.05) is 11.1 Å². The van der Waals surface area contributed by atoms with Crippen molar-refractivity contribution in [1.29, 1.82) is 0 Å². The lowest BCUT2D eigenvalue weighted by atomic mass is 9.92. The predicted molar refractivity (Wildman–Crippen MR) is 131 cm³/mol. The molecule has 2 aliphatic heterocycles. The zero-order chi connectivity index (χ0) is 21.7. The van der Waals surface area contributed by atoms with Crippen LogP contribution in [0.4, 0.5) is 0 Å². The van der Waals surface area contributed by atoms with Gasteiger partial charge in [-0.25, -0.2) is 0 Å². The van der Waals surface area contributed by atoms with Gasteiger partial charge in [-0.3, -0.25) is 9.69 Å². The zero-order valence-electron chi connectivity index (χ0n) is 16.3. The lowest BCUT2D eigenvalue weighted by Gasteiger charge is -2.34. The van der Waals surface area contributed by atoms with Gasteiger partial charge in [0.05, 0.1) is 21.0 Å². The quantitative estimate of drug-likeness (QED) is 0.280. The van der Waals surface area contributed by atoms with E-state index in [-0.39, 0.29) is 11.9 Å². The highest BCUT2D eigenvalue weighted by Gasteiger charge is 2.42. The van der Waals surface area contributed by atoms with Gasteiger partial charge < -0.3 is 4.74 Å². The number of thiocarbonyl (C=S) groups is 1. The van der Waals surface area contributed by atoms with E-state index in [1.807, 2.05) is 55.5 Å². The van der Waals surface area contributed by atoms with Crippen LogP contribution in [0.2, 0.25) is 10.0 Å². The number of carbonyl (C=O) groups is 1. The van der Waals surface area contributed by atoms with Crippen LogP contribution in [-0.2, 0) is 4.79 Å². The first kappa shape index (κ1) is 20.6. The molecule has 5 rings (SSSR count). The van der Waals surface area contributed by atoms with E-state index in [1.54, 1.807) is 23.1 Å². The largest absolute Gasteiger partial charge is 0.456 e. The minimum atomic E-state index is -0.355. The Morgan fingerprint density at radius 3 is 2.61 bits per heavy atom. The van der Waals surface area contributed by atoms with Gasteiger partial charge in [0.1, 0.15) is 15.8 Å². The second-order valence-corrected chi connectivity index (χ2v) is 9.75. The smallest absolute Gasteiger partial charge is 0.267 e. The number of halogens is 2. The third-order valence-electron chi connectivity index (χ3n) is 5.29. The third-order valence-corrected chi connectivity index (χ3v) is 7.36. The van der Waals surface area contributed by atoms with Gasteiger partial charge in [0.2, 0.25) is 0 Å². The summed E-state index contributed by atoms with van der Waals surface area (Å²) in [4.78, 5) is 15.8. The number of hydrogen-bond donors (Lipinski definition) is 0. The Bertz CT molecular complexity index is 1290. The number of para-hydroxylation sites is 2. The van der Waals surface area contributed by atoms with Gasteiger partial charge in [0.15, 0.2) is 0 Å². The molecular formula is C24H15Cl2NO2S2. The molecule has 1 atom stereocenters. The highest BCUT2D eigenvalue weighted by Crippen LogP contribution is 2.50. The Balaban J connectivity index is 1.60. The maximum Gasteiger partial charge on any atom is 0.267 e. The summed E-state index contributed by atoms with van der Waals surface area (Å²) in [6.07, 6.45) is 1.80. The van der Waals surface area contributed by atoms with E-state index in [9.17, 15) is 4.79 Å². The second-order valence-electron chi connectivity index (χ2n) is 7.26. The highest BCUT2D eigenvalue weighted by molar-refractivity contribution is 8.26. The molecule has 0 bridgehead atoms. The van der Waals surface area contributed by atoms with Crippen LogP contribution in [0.15, 0.2) is 65.6 Å². The second kappa shape index (κ2) is 7.99. The number of rotatable bonds is 2. The van der Waals surface area contributed by atoms with Gasteiger partial charge in [-0.2, -0.15) is 0 Å². The van der Waals surface area contributed by atoms with Crippen LogP contribution in [0, 0.1) is 6.92 Å². The molecule has 0 aromatic heterocycles. The fourth-order valence-electron chi connectivity index (χ4n) is 3.84. The first-order valence-electron chi connectivity index (χ1n) is 9.52. The standard InChI is InChI=1S/C24H15Cl2NO2S2/c1-13-5-4-7-16-21(15-6-2-3-8-19(15)29-22(13)16)27-23(28)20(31-24(27)30)12-14-9-10-17(25)18(26)11-14/h2-12,21H,1H3/b20-12+/t21-/m0/s1. The monoisotopic (exact) mass is 483 g/mol. The van der Waals surface area contributed by atoms with Crippen molar-refractivity contribution < 1.29 is 9.53 Å². The van der Waals surface area contributed by atoms with Crippen molar-refractivity contribution in [3.63, 3.8) is 0 Å². The maximum absolute atomic E-state index is 13.5. The van der Waals surface area contributed by atoms with Crippen LogP contribution in [0.1, 0.15) is 28.3 Å². The number of benzene rings is 3. The number of hydrogen-bond acceptors (Lipinski definition) is 4. The number of carbonyl (C=O) groups excluding carboxylic acids is 1. The van der Waals surface area contributed by atoms with E-state index in [2.05, 4.69) is 0 Å². The molecule has 1 fully saturated rings. The molecule has 154 valence electrons. The number of aryl methyl sites for hydroxylation is 1. The van der Waals surface area contributed by atoms with Gasteiger partial charge >= 0.3 is 0 Å². The Morgan fingerprint density at radius 1 is 1.03 bits per heavy atom. The summed E-state index contributed by atoms with van der Waals surface area (Å²) in [6, 6.07) is 18.6. The maximum atomic E-state index is 13.5. The van der Waals surface area contributed by atoms with Crippen LogP contribution >= 0.6 is 47.2 Å². The van der Waals surface area contributed by atoms with E-state index >= 15 is 0 Å². The van der Waals surface area contributed by atoms with E-state index in [0.29, 0.717) is 19.3 Å². The molecule has 0 aliphatic carbocycles. The zero-order valence-corrected chi connectivity index (χ0v) is 19.4. The Kier molecular flexibility index (Phi) is 5.30. The van der Waals surface area contributed by atoms with Crippen LogP contribution in [0.3, 0.4) is 0 Å². The first-order chi connectivity index (χ1) is 14.9. The molecule has 31 heavy (non-hydrogen) atoms. The fourth-order valence-corrected chi connectivity index (χ4v) is 5.46. The summed E-state index contributed by atoms with van der Waals surface area (Å²) < 4.78 is 6.69. The van der Waals surface area contributed by atoms with Gasteiger partial charge in [-0.1, -0.05) is 89.6 Å². The molecule has 3 aromatic rings. The summed E-state index contributed by atoms with van der Waals surface area (Å²) in [6.45, 7) is 2.00. The third kappa shape index (κ3) is 3.56. The van der Waals surface area contributed by atoms with E-state index in [1.165, 1.54) is 11.8 Å². The highest BCUT2D eigenvalue weighted by atomic mass is 35.5. The molecule has 0 saturated carbocycles. The summed E-state index contributed by atoms with van der Waals surface area (Å²) in [5.74, 6) is 1.36. The van der Waals surface area contributed by atoms with E-state index < -0.39 is 0 Å². The summed E-state index contributed by atoms with van der Waals surface area (Å²) >= 11 is 19.1. The van der Waals surface area contributed by atoms with Crippen molar-refractivity contribution in [2.45, 2.75) is 13.0 Å². The number of fused-ring (bicyclic) bond motifs is 2. The van der Waals surface area contributed by atoms with Crippen LogP contribution in [-0.4, -0.2) is 15.1 Å². The average molecular weight is 484 g/mol. The lowest BCUT2D eigenvalue weighted by Crippen LogP contribution is -2.35. The van der Waals surface area contributed by atoms with E-state index in [4.69, 9.17) is 40.2 Å². The molecule has 3 nitrogen and oxygen atoms in total. The van der Waals surface area contributed by atoms with Gasteiger partial charge in [-0.05, 0) is 42.3 Å². The Morgan fingerprint density at radius 2 is 1.81 bits per heavy atom. The molecule has 1 saturated heterocycles. The number of ether oxygens (including phenoxy) is 1. The lowest BCUT2D eigenvalue weighted by molar-refractivity contribution is -0.123. The minimum Gasteiger partial charge on any atom is -0.456 e. The number of thioether (sulfide) groups is 1. The summed E-state index contributed by atoms with van der Waals surface area (Å²) in [7, 11) is 0. The van der Waals surface area contributed by atoms with Crippen molar-refractivity contribution in [3.05, 3.63) is 97.9 Å². The fraction of sp³-hybridized carbons (Fsp3) is 0.0833. The summed E-state index contributed by atoms with van der Waals surface area (Å²) in [5.41, 5.74) is 3.63. The van der Waals surface area contributed by atoms with Crippen molar-refractivity contribution in [2.24, 2.45) is 0 Å². The van der Waals surface area contributed by atoms with Gasteiger partial charge in [0.25, 0.3) is 5.91 Å².